The van der Waals surface area contributed by atoms with Gasteiger partial charge in [-0.2, -0.15) is 0 Å². The molecule has 5 heterocycles. The van der Waals surface area contributed by atoms with Crippen molar-refractivity contribution in [3.8, 4) is 115 Å². The predicted molar refractivity (Wildman–Crippen MR) is 451 cm³/mol. The fourth-order valence-electron chi connectivity index (χ4n) is 15.3. The average molecular weight is 1740 g/mol. The van der Waals surface area contributed by atoms with Gasteiger partial charge in [0.1, 0.15) is 11.7 Å². The van der Waals surface area contributed by atoms with Gasteiger partial charge in [0.2, 0.25) is 40.9 Å². The van der Waals surface area contributed by atoms with Crippen molar-refractivity contribution in [2.75, 3.05) is 154 Å². The number of nitrogens with zero attached hydrogens (tertiary/aromatic N) is 8. The number of methoxy groups -OCH3 is 16. The van der Waals surface area contributed by atoms with Crippen molar-refractivity contribution in [1.82, 2.24) is 19.9 Å². The third-order valence-electron chi connectivity index (χ3n) is 21.2. The highest BCUT2D eigenvalue weighted by atomic mass is 16.6. The molecule has 1 aromatic heterocycles. The molecule has 0 saturated carbocycles. The highest BCUT2D eigenvalue weighted by Gasteiger charge is 2.55. The molecule has 0 bridgehead atoms. The van der Waals surface area contributed by atoms with Gasteiger partial charge in [0.25, 0.3) is 11.8 Å². The van der Waals surface area contributed by atoms with Gasteiger partial charge in [0.15, 0.2) is 98.0 Å². The first-order valence-electron chi connectivity index (χ1n) is 38.7. The zero-order valence-electron chi connectivity index (χ0n) is 72.4. The average Bonchev–Trinajstić information content (AvgIpc) is 1.25. The van der Waals surface area contributed by atoms with Gasteiger partial charge >= 0.3 is 11.9 Å². The van der Waals surface area contributed by atoms with Gasteiger partial charge < -0.3 is 126 Å². The maximum atomic E-state index is 13.4. The minimum absolute atomic E-state index is 0.0112. The van der Waals surface area contributed by atoms with Crippen LogP contribution in [-0.2, 0) is 40.1 Å². The lowest BCUT2D eigenvalue weighted by molar-refractivity contribution is -0.163. The van der Waals surface area contributed by atoms with E-state index in [0.717, 1.165) is 11.1 Å². The summed E-state index contributed by atoms with van der Waals surface area (Å²) in [5.41, 5.74) is 5.24. The highest BCUT2D eigenvalue weighted by Crippen LogP contribution is 2.56. The number of ether oxygens (including phenoxy) is 17. The lowest BCUT2D eigenvalue weighted by Gasteiger charge is -2.48. The van der Waals surface area contributed by atoms with Crippen molar-refractivity contribution in [3.63, 3.8) is 0 Å². The number of carboxylic acid groups (broad SMARTS) is 1. The van der Waals surface area contributed by atoms with Gasteiger partial charge in [-0.05, 0) is 91.3 Å². The number of aliphatic hydroxyl groups is 1. The molecular weight excluding hydrogens is 1630 g/mol. The summed E-state index contributed by atoms with van der Waals surface area (Å²) in [4.78, 5) is 83.7. The maximum Gasteiger partial charge on any atom is 0.307 e. The topological polar surface area (TPSA) is 428 Å². The molecule has 37 nitrogen and oxygen atoms in total. The Labute approximate surface area is 720 Å². The molecule has 4 amide bonds. The number of hydrogen-bond acceptors (Lipinski definition) is 31. The number of esters is 1. The Kier molecular flexibility index (Phi) is 30.5. The Morgan fingerprint density at radius 2 is 0.664 bits per heavy atom. The number of aliphatic hydroxyl groups excluding tert-OH is 1. The molecule has 0 radical (unpaired) electrons. The number of amides is 4. The quantitative estimate of drug-likeness (QED) is 0.0164. The van der Waals surface area contributed by atoms with Gasteiger partial charge in [-0.1, -0.05) is 36.4 Å². The molecule has 6 N–H and O–H groups in total. The number of carbonyl (C=O) groups is 6. The van der Waals surface area contributed by atoms with Crippen LogP contribution in [0.15, 0.2) is 128 Å². The van der Waals surface area contributed by atoms with Crippen LogP contribution < -0.4 is 95.4 Å². The molecule has 4 aliphatic rings. The van der Waals surface area contributed by atoms with E-state index in [0.29, 0.717) is 139 Å². The third kappa shape index (κ3) is 18.8. The Morgan fingerprint density at radius 1 is 0.368 bits per heavy atom. The van der Waals surface area contributed by atoms with E-state index >= 15 is 0 Å². The second kappa shape index (κ2) is 41.0. The number of hydrogen-bond donors (Lipinski definition) is 6. The number of phenolic OH excluding ortho intramolecular Hbond substituents is 4. The molecule has 4 fully saturated rings. The van der Waals surface area contributed by atoms with Crippen LogP contribution in [-0.4, -0.2) is 227 Å². The van der Waals surface area contributed by atoms with E-state index in [-0.39, 0.29) is 83.4 Å². The summed E-state index contributed by atoms with van der Waals surface area (Å²) in [7, 11) is 27.7. The second-order valence-corrected chi connectivity index (χ2v) is 28.4. The number of anilines is 4. The monoisotopic (exact) mass is 1730 g/mol. The second-order valence-electron chi connectivity index (χ2n) is 28.4. The Morgan fingerprint density at radius 3 is 0.944 bits per heavy atom. The zero-order chi connectivity index (χ0) is 91.1. The highest BCUT2D eigenvalue weighted by molar-refractivity contribution is 6.08. The number of aliphatic carboxylic acids is 1. The first-order valence-corrected chi connectivity index (χ1v) is 38.7. The van der Waals surface area contributed by atoms with Crippen molar-refractivity contribution in [2.45, 2.75) is 69.1 Å². The van der Waals surface area contributed by atoms with Crippen LogP contribution in [0.2, 0.25) is 0 Å². The van der Waals surface area contributed by atoms with E-state index in [1.165, 1.54) is 148 Å². The Balaban J connectivity index is 0.000000175. The van der Waals surface area contributed by atoms with E-state index in [4.69, 9.17) is 85.6 Å². The van der Waals surface area contributed by atoms with Gasteiger partial charge in [-0.25, -0.2) is 4.68 Å². The summed E-state index contributed by atoms with van der Waals surface area (Å²) in [6.45, 7) is 2.26. The van der Waals surface area contributed by atoms with E-state index in [1.54, 1.807) is 106 Å². The van der Waals surface area contributed by atoms with Gasteiger partial charge in [-0.3, -0.25) is 38.6 Å². The van der Waals surface area contributed by atoms with Crippen molar-refractivity contribution in [1.29, 1.82) is 0 Å². The van der Waals surface area contributed by atoms with Crippen LogP contribution in [0.4, 0.5) is 22.7 Å². The SMILES string of the molecule is CC[C@H]1C(=O)N(c2cc(OC)c(OC)c(OC)c2)[C@H]1c1ccc(OC)c(O)c1.COc1ccc([C@H]2[C@@H](CN(C)C)C(=O)N2c2cc(OC)c(OC)c(OC)c2)cc1O.COc1ccc([C@H]2[C@@H](OC(=O)CCC(=O)O)C(=O)N2c2cc(OC)c(OC)c(OC)c2)cc1O.COc1ccc([C@H]2[C@H](n3cc(CO)nn3)C(=O)N2c2cc(OC)c(OC)c(OC)c2)cc1O. The van der Waals surface area contributed by atoms with Gasteiger partial charge in [-0.15, -0.1) is 5.10 Å². The molecule has 0 spiro atoms. The molecule has 0 aliphatic carbocycles. The fraction of sp³-hybridized carbons (Fsp3) is 0.364. The maximum absolute atomic E-state index is 13.4. The number of carbonyl (C=O) groups excluding carboxylic acids is 5. The molecule has 4 saturated heterocycles. The smallest absolute Gasteiger partial charge is 0.307 e. The van der Waals surface area contributed by atoms with Crippen molar-refractivity contribution >= 4 is 58.3 Å². The lowest BCUT2D eigenvalue weighted by Crippen LogP contribution is -2.60. The van der Waals surface area contributed by atoms with Gasteiger partial charge in [0.05, 0.1) is 192 Å². The third-order valence-corrected chi connectivity index (χ3v) is 21.2. The van der Waals surface area contributed by atoms with E-state index in [9.17, 15) is 54.3 Å². The first-order chi connectivity index (χ1) is 60.1. The summed E-state index contributed by atoms with van der Waals surface area (Å²) in [6.07, 6.45) is 0.171. The van der Waals surface area contributed by atoms with Crippen LogP contribution in [0.1, 0.15) is 84.3 Å². The van der Waals surface area contributed by atoms with Crippen LogP contribution in [0.25, 0.3) is 0 Å². The van der Waals surface area contributed by atoms with Crippen LogP contribution in [0.5, 0.6) is 115 Å². The molecule has 8 atom stereocenters. The lowest BCUT2D eigenvalue weighted by atomic mass is 9.80. The number of aromatic hydroxyl groups is 4. The summed E-state index contributed by atoms with van der Waals surface area (Å²) in [5.74, 6) is 2.85. The minimum atomic E-state index is -1.23. The summed E-state index contributed by atoms with van der Waals surface area (Å²) in [6, 6.07) is 30.8. The number of phenols is 4. The summed E-state index contributed by atoms with van der Waals surface area (Å²) in [5, 5.41) is 67.2. The zero-order valence-corrected chi connectivity index (χ0v) is 72.4. The molecular formula is C88H102N8O29. The molecule has 8 aromatic carbocycles. The normalized spacial score (nSPS) is 17.7. The van der Waals surface area contributed by atoms with E-state index in [1.807, 2.05) is 38.1 Å². The molecule has 37 heteroatoms. The van der Waals surface area contributed by atoms with Crippen LogP contribution >= 0.6 is 0 Å². The molecule has 668 valence electrons. The van der Waals surface area contributed by atoms with Crippen LogP contribution in [0.3, 0.4) is 0 Å². The number of aromatic nitrogens is 3. The standard InChI is InChI=1S/C23H25NO10.C22H24N4O7.C22H28N2O6.C21H25NO6/c1-30-15-6-5-12(9-14(15)25)20-22(34-19(28)8-7-18(26)27)23(29)24(20)13-10-16(31-2)21(33-4)17(11-13)32-3;1-30-16-6-5-12(7-15(16)28)19-20(25-10-13(11-27)23-24-25)22(29)26(19)14-8-17(31-2)21(33-4)18(9-14)32-3;1-23(2)12-15-20(13-7-8-17(27-3)16(25)9-13)24(22(15)26)14-10-18(28-4)21(30-6)19(11-14)29-5;1-6-14-19(12-7-8-16(25-2)15(23)9-12)22(21(14)24)13-10-17(26-3)20(28-5)18(11-13)27-4/h5-6,9-11,20,22,25H,7-8H2,1-4H3,(H,26,27);5-10,19-20,27-28H,11H2,1-4H3;7-11,15,20,25H,12H2,1-6H3;7-11,14,19,23H,6H2,1-5H3/t20-,22+;19-,20-;15-,20+;14-,19+/m0011/s1. The Bertz CT molecular complexity index is 5290. The molecule has 9 aromatic rings. The Hall–Kier alpha value is -14.4. The molecule has 125 heavy (non-hydrogen) atoms. The van der Waals surface area contributed by atoms with Crippen LogP contribution in [0, 0.1) is 11.8 Å². The van der Waals surface area contributed by atoms with Crippen molar-refractivity contribution in [3.05, 3.63) is 155 Å². The number of β-lactam (4-membered cyclic amide) rings is 4. The molecule has 13 rings (SSSR count). The predicted octanol–water partition coefficient (Wildman–Crippen LogP) is 10.4. The van der Waals surface area contributed by atoms with Crippen molar-refractivity contribution in [2.24, 2.45) is 11.8 Å². The van der Waals surface area contributed by atoms with E-state index < -0.39 is 48.5 Å². The van der Waals surface area contributed by atoms with E-state index in [2.05, 4.69) is 10.3 Å². The fourth-order valence-corrected chi connectivity index (χ4v) is 15.3. The number of benzene rings is 8. The summed E-state index contributed by atoms with van der Waals surface area (Å²) < 4.78 is 92.1. The van der Waals surface area contributed by atoms with Crippen molar-refractivity contribution < 1.29 is 140 Å². The first kappa shape index (κ1) is 92.9. The minimum Gasteiger partial charge on any atom is -0.504 e. The largest absolute Gasteiger partial charge is 0.504 e. The number of carboxylic acids is 1. The number of rotatable bonds is 33. The van der Waals surface area contributed by atoms with Gasteiger partial charge in [0, 0.05) is 55.1 Å². The summed E-state index contributed by atoms with van der Waals surface area (Å²) >= 11 is 0. The molecule has 0 unspecified atom stereocenters. The molecule has 4 aliphatic heterocycles.